The Morgan fingerprint density at radius 1 is 1.12 bits per heavy atom. The molecule has 1 aliphatic carbocycles. The molecule has 0 aliphatic heterocycles. The van der Waals surface area contributed by atoms with Crippen molar-refractivity contribution in [2.45, 2.75) is 65.3 Å². The van der Waals surface area contributed by atoms with Gasteiger partial charge in [0.05, 0.1) is 0 Å². The van der Waals surface area contributed by atoms with Crippen molar-refractivity contribution in [1.82, 2.24) is 4.90 Å². The van der Waals surface area contributed by atoms with E-state index >= 15 is 0 Å². The van der Waals surface area contributed by atoms with E-state index in [4.69, 9.17) is 0 Å². The number of nitrogens with zero attached hydrogens (tertiary/aromatic N) is 1. The molecular formula is C15H30BrN. The van der Waals surface area contributed by atoms with Crippen LogP contribution in [0.2, 0.25) is 0 Å². The largest absolute Gasteiger partial charge is 0.303 e. The van der Waals surface area contributed by atoms with Gasteiger partial charge in [-0.15, -0.1) is 0 Å². The predicted octanol–water partition coefficient (Wildman–Crippen LogP) is 4.70. The lowest BCUT2D eigenvalue weighted by molar-refractivity contribution is 0.142. The summed E-state index contributed by atoms with van der Waals surface area (Å²) in [6.45, 7) is 8.32. The Kier molecular flexibility index (Phi) is 6.50. The summed E-state index contributed by atoms with van der Waals surface area (Å²) < 4.78 is 0. The molecule has 2 heteroatoms. The molecule has 0 radical (unpaired) electrons. The molecule has 0 saturated heterocycles. The van der Waals surface area contributed by atoms with Crippen LogP contribution in [0.15, 0.2) is 0 Å². The van der Waals surface area contributed by atoms with Gasteiger partial charge in [-0.25, -0.2) is 0 Å². The van der Waals surface area contributed by atoms with E-state index in [0.29, 0.717) is 5.41 Å². The summed E-state index contributed by atoms with van der Waals surface area (Å²) in [5.74, 6) is 0.746. The Morgan fingerprint density at radius 2 is 1.65 bits per heavy atom. The maximum absolute atomic E-state index is 3.69. The third-order valence-electron chi connectivity index (χ3n) is 4.37. The van der Waals surface area contributed by atoms with Gasteiger partial charge in [-0.1, -0.05) is 62.4 Å². The van der Waals surface area contributed by atoms with Crippen LogP contribution in [0.1, 0.15) is 59.3 Å². The summed E-state index contributed by atoms with van der Waals surface area (Å²) in [6, 6.07) is 0.835. The van der Waals surface area contributed by atoms with Crippen molar-refractivity contribution in [3.8, 4) is 0 Å². The van der Waals surface area contributed by atoms with Gasteiger partial charge in [0.1, 0.15) is 0 Å². The highest BCUT2D eigenvalue weighted by Gasteiger charge is 2.27. The molecule has 1 nitrogen and oxygen atoms in total. The van der Waals surface area contributed by atoms with Gasteiger partial charge in [-0.2, -0.15) is 0 Å². The van der Waals surface area contributed by atoms with Crippen molar-refractivity contribution in [1.29, 1.82) is 0 Å². The Bertz CT molecular complexity index is 201. The Balaban J connectivity index is 2.48. The van der Waals surface area contributed by atoms with Crippen LogP contribution in [0.5, 0.6) is 0 Å². The molecule has 0 aromatic heterocycles. The Morgan fingerprint density at radius 3 is 2.06 bits per heavy atom. The minimum absolute atomic E-state index is 0.405. The van der Waals surface area contributed by atoms with Gasteiger partial charge in [0.2, 0.25) is 0 Å². The van der Waals surface area contributed by atoms with E-state index in [2.05, 4.69) is 48.6 Å². The normalized spacial score (nSPS) is 21.5. The standard InChI is InChI=1S/C15H30BrN/c1-15(2,3)13(11-16)12-17(4)14-9-7-5-6-8-10-14/h13-14H,5-12H2,1-4H3. The lowest BCUT2D eigenvalue weighted by atomic mass is 9.81. The molecule has 0 N–H and O–H groups in total. The topological polar surface area (TPSA) is 3.24 Å². The molecule has 102 valence electrons. The van der Waals surface area contributed by atoms with Crippen LogP contribution in [0.25, 0.3) is 0 Å². The minimum Gasteiger partial charge on any atom is -0.303 e. The van der Waals surface area contributed by atoms with Gasteiger partial charge >= 0.3 is 0 Å². The van der Waals surface area contributed by atoms with E-state index in [-0.39, 0.29) is 0 Å². The fourth-order valence-corrected chi connectivity index (χ4v) is 3.93. The van der Waals surface area contributed by atoms with Crippen LogP contribution >= 0.6 is 15.9 Å². The van der Waals surface area contributed by atoms with E-state index < -0.39 is 0 Å². The number of hydrogen-bond acceptors (Lipinski definition) is 1. The first kappa shape index (κ1) is 15.5. The second kappa shape index (κ2) is 7.13. The second-order valence-electron chi connectivity index (χ2n) is 6.80. The van der Waals surface area contributed by atoms with Crippen molar-refractivity contribution in [3.05, 3.63) is 0 Å². The zero-order chi connectivity index (χ0) is 12.9. The third kappa shape index (κ3) is 5.30. The van der Waals surface area contributed by atoms with E-state index in [9.17, 15) is 0 Å². The quantitative estimate of drug-likeness (QED) is 0.537. The number of halogens is 1. The van der Waals surface area contributed by atoms with E-state index in [1.165, 1.54) is 45.1 Å². The molecule has 0 heterocycles. The molecular weight excluding hydrogens is 274 g/mol. The first-order chi connectivity index (χ1) is 7.95. The highest BCUT2D eigenvalue weighted by atomic mass is 79.9. The highest BCUT2D eigenvalue weighted by molar-refractivity contribution is 9.09. The molecule has 0 bridgehead atoms. The maximum atomic E-state index is 3.69. The molecule has 1 unspecified atom stereocenters. The minimum atomic E-state index is 0.405. The van der Waals surface area contributed by atoms with Crippen LogP contribution in [-0.4, -0.2) is 29.9 Å². The predicted molar refractivity (Wildman–Crippen MR) is 80.9 cm³/mol. The summed E-state index contributed by atoms with van der Waals surface area (Å²) in [4.78, 5) is 2.63. The summed E-state index contributed by atoms with van der Waals surface area (Å²) in [6.07, 6.45) is 8.59. The molecule has 1 atom stereocenters. The maximum Gasteiger partial charge on any atom is 0.00923 e. The van der Waals surface area contributed by atoms with Crippen molar-refractivity contribution in [2.75, 3.05) is 18.9 Å². The average Bonchev–Trinajstić information content (AvgIpc) is 2.52. The summed E-state index contributed by atoms with van der Waals surface area (Å²) in [5.41, 5.74) is 0.405. The zero-order valence-corrected chi connectivity index (χ0v) is 13.7. The summed E-state index contributed by atoms with van der Waals surface area (Å²) in [7, 11) is 2.33. The molecule has 0 amide bonds. The van der Waals surface area contributed by atoms with Crippen LogP contribution < -0.4 is 0 Å². The van der Waals surface area contributed by atoms with E-state index in [0.717, 1.165) is 17.3 Å². The van der Waals surface area contributed by atoms with Crippen LogP contribution in [0.3, 0.4) is 0 Å². The fraction of sp³-hybridized carbons (Fsp3) is 1.00. The molecule has 17 heavy (non-hydrogen) atoms. The number of hydrogen-bond donors (Lipinski definition) is 0. The molecule has 0 spiro atoms. The monoisotopic (exact) mass is 303 g/mol. The van der Waals surface area contributed by atoms with Crippen LogP contribution in [-0.2, 0) is 0 Å². The van der Waals surface area contributed by atoms with Crippen molar-refractivity contribution >= 4 is 15.9 Å². The van der Waals surface area contributed by atoms with E-state index in [1.807, 2.05) is 0 Å². The zero-order valence-electron chi connectivity index (χ0n) is 12.1. The highest BCUT2D eigenvalue weighted by Crippen LogP contribution is 2.30. The van der Waals surface area contributed by atoms with E-state index in [1.54, 1.807) is 0 Å². The van der Waals surface area contributed by atoms with Crippen LogP contribution in [0.4, 0.5) is 0 Å². The second-order valence-corrected chi connectivity index (χ2v) is 7.45. The molecule has 0 aromatic rings. The van der Waals surface area contributed by atoms with Gasteiger partial charge in [0.15, 0.2) is 0 Å². The van der Waals surface area contributed by atoms with Crippen molar-refractivity contribution < 1.29 is 0 Å². The van der Waals surface area contributed by atoms with Gasteiger partial charge in [-0.05, 0) is 31.2 Å². The Hall–Kier alpha value is 0.440. The first-order valence-electron chi connectivity index (χ1n) is 7.21. The average molecular weight is 304 g/mol. The van der Waals surface area contributed by atoms with Crippen LogP contribution in [0, 0.1) is 11.3 Å². The first-order valence-corrected chi connectivity index (χ1v) is 8.33. The molecule has 1 rings (SSSR count). The van der Waals surface area contributed by atoms with Crippen molar-refractivity contribution in [2.24, 2.45) is 11.3 Å². The van der Waals surface area contributed by atoms with Gasteiger partial charge in [0, 0.05) is 17.9 Å². The lowest BCUT2D eigenvalue weighted by Crippen LogP contribution is -2.39. The summed E-state index contributed by atoms with van der Waals surface area (Å²) in [5, 5.41) is 1.12. The van der Waals surface area contributed by atoms with Crippen molar-refractivity contribution in [3.63, 3.8) is 0 Å². The van der Waals surface area contributed by atoms with Gasteiger partial charge < -0.3 is 4.90 Å². The number of rotatable bonds is 4. The molecule has 1 fully saturated rings. The molecule has 1 aliphatic rings. The smallest absolute Gasteiger partial charge is 0.00923 e. The molecule has 1 saturated carbocycles. The van der Waals surface area contributed by atoms with Gasteiger partial charge in [-0.3, -0.25) is 0 Å². The fourth-order valence-electron chi connectivity index (χ4n) is 2.75. The SMILES string of the molecule is CN(CC(CBr)C(C)(C)C)C1CCCCCC1. The number of alkyl halides is 1. The lowest BCUT2D eigenvalue weighted by Gasteiger charge is -2.36. The van der Waals surface area contributed by atoms with Gasteiger partial charge in [0.25, 0.3) is 0 Å². The summed E-state index contributed by atoms with van der Waals surface area (Å²) >= 11 is 3.69. The third-order valence-corrected chi connectivity index (χ3v) is 5.15. The molecule has 0 aromatic carbocycles. The Labute approximate surface area is 116 Å².